The lowest BCUT2D eigenvalue weighted by Gasteiger charge is -2.25. The van der Waals surface area contributed by atoms with E-state index in [1.807, 2.05) is 20.8 Å². The van der Waals surface area contributed by atoms with Gasteiger partial charge in [0.25, 0.3) is 0 Å². The Morgan fingerprint density at radius 3 is 2.50 bits per heavy atom. The van der Waals surface area contributed by atoms with E-state index in [2.05, 4.69) is 51.3 Å². The van der Waals surface area contributed by atoms with Gasteiger partial charge < -0.3 is 14.5 Å². The molecule has 5 heteroatoms. The fraction of sp³-hybridized carbons (Fsp3) is 0.471. The summed E-state index contributed by atoms with van der Waals surface area (Å²) in [6, 6.07) is 8.31. The maximum absolute atomic E-state index is 12.1. The molecule has 0 aromatic heterocycles. The number of hydrogen-bond donors (Lipinski definition) is 0. The van der Waals surface area contributed by atoms with Crippen LogP contribution in [-0.4, -0.2) is 36.2 Å². The van der Waals surface area contributed by atoms with Crippen LogP contribution in [0.1, 0.15) is 20.8 Å². The predicted octanol–water partition coefficient (Wildman–Crippen LogP) is 4.02. The Kier molecular flexibility index (Phi) is 3.93. The smallest absolute Gasteiger partial charge is 0.410 e. The van der Waals surface area contributed by atoms with E-state index in [0.717, 1.165) is 17.6 Å². The molecule has 0 saturated carbocycles. The maximum Gasteiger partial charge on any atom is 0.410 e. The van der Waals surface area contributed by atoms with E-state index in [1.165, 1.54) is 11.3 Å². The van der Waals surface area contributed by atoms with Crippen molar-refractivity contribution < 1.29 is 9.53 Å². The van der Waals surface area contributed by atoms with E-state index in [-0.39, 0.29) is 6.09 Å². The molecule has 3 rings (SSSR count). The highest BCUT2D eigenvalue weighted by molar-refractivity contribution is 9.10. The molecule has 2 aliphatic heterocycles. The van der Waals surface area contributed by atoms with Crippen molar-refractivity contribution in [3.8, 4) is 0 Å². The Morgan fingerprint density at radius 1 is 1.23 bits per heavy atom. The van der Waals surface area contributed by atoms with E-state index in [0.29, 0.717) is 12.5 Å². The van der Waals surface area contributed by atoms with Crippen molar-refractivity contribution >= 4 is 27.7 Å². The third-order valence-electron chi connectivity index (χ3n) is 3.89. The molecule has 1 saturated heterocycles. The van der Waals surface area contributed by atoms with Crippen LogP contribution >= 0.6 is 15.9 Å². The average Bonchev–Trinajstić information content (AvgIpc) is 2.95. The first-order valence-corrected chi connectivity index (χ1v) is 8.32. The van der Waals surface area contributed by atoms with Crippen LogP contribution in [0, 0.1) is 5.92 Å². The van der Waals surface area contributed by atoms with Crippen molar-refractivity contribution in [2.75, 3.05) is 24.5 Å². The monoisotopic (exact) mass is 364 g/mol. The summed E-state index contributed by atoms with van der Waals surface area (Å²) in [5.41, 5.74) is 2.06. The van der Waals surface area contributed by atoms with E-state index >= 15 is 0 Å². The number of ether oxygens (including phenoxy) is 1. The largest absolute Gasteiger partial charge is 0.444 e. The first-order chi connectivity index (χ1) is 10.3. The van der Waals surface area contributed by atoms with Crippen LogP contribution in [0.2, 0.25) is 0 Å². The van der Waals surface area contributed by atoms with Crippen molar-refractivity contribution in [1.82, 2.24) is 4.90 Å². The molecular formula is C17H21BrN2O2. The number of halogens is 1. The molecular weight excluding hydrogens is 344 g/mol. The predicted molar refractivity (Wildman–Crippen MR) is 90.9 cm³/mol. The van der Waals surface area contributed by atoms with Gasteiger partial charge in [-0.3, -0.25) is 0 Å². The summed E-state index contributed by atoms with van der Waals surface area (Å²) >= 11 is 3.46. The summed E-state index contributed by atoms with van der Waals surface area (Å²) < 4.78 is 6.54. The lowest BCUT2D eigenvalue weighted by molar-refractivity contribution is 0.0291. The Hall–Kier alpha value is -1.49. The molecule has 2 heterocycles. The first-order valence-electron chi connectivity index (χ1n) is 7.52. The molecule has 1 amide bonds. The van der Waals surface area contributed by atoms with E-state index in [9.17, 15) is 4.79 Å². The molecule has 0 N–H and O–H groups in total. The zero-order chi connectivity index (χ0) is 15.9. The van der Waals surface area contributed by atoms with Gasteiger partial charge in [0.1, 0.15) is 5.60 Å². The summed E-state index contributed by atoms with van der Waals surface area (Å²) in [6.07, 6.45) is 1.97. The van der Waals surface area contributed by atoms with Gasteiger partial charge in [-0.2, -0.15) is 0 Å². The lowest BCUT2D eigenvalue weighted by atomic mass is 10.1. The number of carbonyl (C=O) groups excluding carboxylic acids is 1. The zero-order valence-corrected chi connectivity index (χ0v) is 14.8. The van der Waals surface area contributed by atoms with Crippen molar-refractivity contribution in [3.05, 3.63) is 40.5 Å². The van der Waals surface area contributed by atoms with Crippen LogP contribution in [0.15, 0.2) is 40.5 Å². The van der Waals surface area contributed by atoms with Gasteiger partial charge in [0.05, 0.1) is 0 Å². The summed E-state index contributed by atoms with van der Waals surface area (Å²) in [5, 5.41) is 0. The summed E-state index contributed by atoms with van der Waals surface area (Å²) in [5.74, 6) is 0.413. The molecule has 0 spiro atoms. The number of fused-ring (bicyclic) bond motifs is 1. The van der Waals surface area contributed by atoms with E-state index in [1.54, 1.807) is 4.90 Å². The summed E-state index contributed by atoms with van der Waals surface area (Å²) in [4.78, 5) is 16.2. The molecule has 2 aliphatic rings. The van der Waals surface area contributed by atoms with E-state index < -0.39 is 5.60 Å². The third kappa shape index (κ3) is 3.29. The molecule has 1 aromatic rings. The number of amides is 1. The molecule has 0 aliphatic carbocycles. The molecule has 118 valence electrons. The maximum atomic E-state index is 12.1. The minimum atomic E-state index is -0.438. The van der Waals surface area contributed by atoms with Gasteiger partial charge in [-0.1, -0.05) is 15.9 Å². The molecule has 0 bridgehead atoms. The molecule has 22 heavy (non-hydrogen) atoms. The van der Waals surface area contributed by atoms with Crippen molar-refractivity contribution in [2.24, 2.45) is 5.92 Å². The van der Waals surface area contributed by atoms with Gasteiger partial charge in [-0.15, -0.1) is 0 Å². The van der Waals surface area contributed by atoms with Gasteiger partial charge in [0.15, 0.2) is 0 Å². The normalized spacial score (nSPS) is 20.9. The minimum Gasteiger partial charge on any atom is -0.444 e. The second kappa shape index (κ2) is 5.61. The average molecular weight is 365 g/mol. The molecule has 1 aromatic carbocycles. The van der Waals surface area contributed by atoms with Crippen LogP contribution in [0.4, 0.5) is 10.5 Å². The number of hydrogen-bond acceptors (Lipinski definition) is 3. The highest BCUT2D eigenvalue weighted by Gasteiger charge is 2.37. The van der Waals surface area contributed by atoms with Crippen molar-refractivity contribution in [2.45, 2.75) is 26.4 Å². The van der Waals surface area contributed by atoms with Crippen LogP contribution in [0.25, 0.3) is 0 Å². The lowest BCUT2D eigenvalue weighted by Crippen LogP contribution is -2.36. The SMILES string of the molecule is CC(C)(C)OC(=O)N1CC2=CN(c3ccc(Br)cc3)CC2C1. The van der Waals surface area contributed by atoms with Gasteiger partial charge in [-0.05, 0) is 50.6 Å². The number of benzene rings is 1. The highest BCUT2D eigenvalue weighted by atomic mass is 79.9. The van der Waals surface area contributed by atoms with Crippen LogP contribution in [0.5, 0.6) is 0 Å². The topological polar surface area (TPSA) is 32.8 Å². The third-order valence-corrected chi connectivity index (χ3v) is 4.42. The van der Waals surface area contributed by atoms with Crippen molar-refractivity contribution in [1.29, 1.82) is 0 Å². The van der Waals surface area contributed by atoms with Crippen molar-refractivity contribution in [3.63, 3.8) is 0 Å². The zero-order valence-electron chi connectivity index (χ0n) is 13.2. The number of nitrogens with zero attached hydrogens (tertiary/aromatic N) is 2. The number of carbonyl (C=O) groups is 1. The summed E-state index contributed by atoms with van der Waals surface area (Å²) in [7, 11) is 0. The minimum absolute atomic E-state index is 0.210. The molecule has 1 atom stereocenters. The Bertz CT molecular complexity index is 604. The van der Waals surface area contributed by atoms with Gasteiger partial charge in [0, 0.05) is 41.9 Å². The fourth-order valence-corrected chi connectivity index (χ4v) is 3.15. The Balaban J connectivity index is 1.66. The van der Waals surface area contributed by atoms with Gasteiger partial charge >= 0.3 is 6.09 Å². The second-order valence-corrected chi connectivity index (χ2v) is 7.81. The summed E-state index contributed by atoms with van der Waals surface area (Å²) in [6.45, 7) is 8.04. The van der Waals surface area contributed by atoms with Gasteiger partial charge in [0.2, 0.25) is 0 Å². The molecule has 0 radical (unpaired) electrons. The molecule has 1 fully saturated rings. The quantitative estimate of drug-likeness (QED) is 0.754. The molecule has 1 unspecified atom stereocenters. The van der Waals surface area contributed by atoms with Crippen LogP contribution < -0.4 is 4.90 Å². The second-order valence-electron chi connectivity index (χ2n) is 6.89. The Morgan fingerprint density at radius 2 is 1.91 bits per heavy atom. The van der Waals surface area contributed by atoms with Crippen LogP contribution in [-0.2, 0) is 4.74 Å². The first kappa shape index (κ1) is 15.4. The van der Waals surface area contributed by atoms with E-state index in [4.69, 9.17) is 4.74 Å². The standard InChI is InChI=1S/C17H21BrN2O2/c1-17(2,3)22-16(21)20-10-12-8-19(9-13(12)11-20)15-6-4-14(18)5-7-15/h4-8,13H,9-11H2,1-3H3. The number of rotatable bonds is 1. The van der Waals surface area contributed by atoms with Crippen LogP contribution in [0.3, 0.4) is 0 Å². The number of anilines is 1. The fourth-order valence-electron chi connectivity index (χ4n) is 2.89. The van der Waals surface area contributed by atoms with Gasteiger partial charge in [-0.25, -0.2) is 4.79 Å². The Labute approximate surface area is 139 Å². The highest BCUT2D eigenvalue weighted by Crippen LogP contribution is 2.33. The molecule has 4 nitrogen and oxygen atoms in total. The number of likely N-dealkylation sites (tertiary alicyclic amines) is 1.